The summed E-state index contributed by atoms with van der Waals surface area (Å²) in [6, 6.07) is 3.95. The van der Waals surface area contributed by atoms with Gasteiger partial charge in [-0.2, -0.15) is 0 Å². The molecule has 0 saturated heterocycles. The molecule has 0 spiro atoms. The molecule has 8 heteroatoms. The number of halogens is 2. The molecule has 0 aliphatic rings. The fourth-order valence-corrected chi connectivity index (χ4v) is 3.93. The summed E-state index contributed by atoms with van der Waals surface area (Å²) in [6.45, 7) is 3.99. The van der Waals surface area contributed by atoms with Crippen LogP contribution in [0, 0.1) is 24.2 Å². The quantitative estimate of drug-likeness (QED) is 0.322. The summed E-state index contributed by atoms with van der Waals surface area (Å²) in [7, 11) is 0. The molecule has 1 heterocycles. The average Bonchev–Trinajstić information content (AvgIpc) is 2.81. The monoisotopic (exact) mass is 526 g/mol. The number of benzene rings is 1. The molecule has 116 valence electrons. The Bertz CT molecular complexity index is 741. The third-order valence-electron chi connectivity index (χ3n) is 2.78. The van der Waals surface area contributed by atoms with E-state index in [2.05, 4.69) is 50.3 Å². The maximum Gasteiger partial charge on any atom is 0.338 e. The lowest BCUT2D eigenvalue weighted by Crippen LogP contribution is -1.97. The van der Waals surface area contributed by atoms with Crippen LogP contribution in [0.25, 0.3) is 12.2 Å². The maximum atomic E-state index is 11.0. The number of hydrogen-bond acceptors (Lipinski definition) is 5. The van der Waals surface area contributed by atoms with Gasteiger partial charge >= 0.3 is 5.69 Å². The van der Waals surface area contributed by atoms with Gasteiger partial charge in [0.2, 0.25) is 5.76 Å². The van der Waals surface area contributed by atoms with Gasteiger partial charge in [0, 0.05) is 9.13 Å². The van der Waals surface area contributed by atoms with Gasteiger partial charge in [-0.05, 0) is 83.3 Å². The van der Waals surface area contributed by atoms with Gasteiger partial charge in [0.05, 0.1) is 15.1 Å². The number of rotatable bonds is 5. The van der Waals surface area contributed by atoms with Crippen LogP contribution in [0.5, 0.6) is 5.75 Å². The molecule has 0 fully saturated rings. The lowest BCUT2D eigenvalue weighted by molar-refractivity contribution is -0.386. The number of ether oxygens (including phenoxy) is 1. The molecule has 0 bridgehead atoms. The normalized spacial score (nSPS) is 11.1. The highest BCUT2D eigenvalue weighted by molar-refractivity contribution is 14.1. The van der Waals surface area contributed by atoms with E-state index in [4.69, 9.17) is 9.26 Å². The molecule has 0 N–H and O–H groups in total. The minimum atomic E-state index is -0.493. The fraction of sp³-hybridized carbons (Fsp3) is 0.214. The van der Waals surface area contributed by atoms with Gasteiger partial charge in [-0.3, -0.25) is 10.1 Å². The minimum Gasteiger partial charge on any atom is -0.492 e. The molecule has 1 aromatic carbocycles. The topological polar surface area (TPSA) is 78.4 Å². The molecule has 0 aliphatic heterocycles. The van der Waals surface area contributed by atoms with Gasteiger partial charge < -0.3 is 9.26 Å². The van der Waals surface area contributed by atoms with Gasteiger partial charge in [-0.1, -0.05) is 5.16 Å². The van der Waals surface area contributed by atoms with E-state index in [1.54, 1.807) is 19.1 Å². The van der Waals surface area contributed by atoms with Crippen LogP contribution in [0.15, 0.2) is 16.7 Å². The van der Waals surface area contributed by atoms with Crippen molar-refractivity contribution in [2.75, 3.05) is 6.61 Å². The molecule has 0 unspecified atom stereocenters. The van der Waals surface area contributed by atoms with Crippen molar-refractivity contribution < 1.29 is 14.2 Å². The van der Waals surface area contributed by atoms with Crippen LogP contribution in [0.3, 0.4) is 0 Å². The second-order valence-electron chi connectivity index (χ2n) is 4.31. The number of hydrogen-bond donors (Lipinski definition) is 0. The molecule has 0 saturated carbocycles. The lowest BCUT2D eigenvalue weighted by Gasteiger charge is -2.10. The Kier molecular flexibility index (Phi) is 5.78. The molecule has 6 nitrogen and oxygen atoms in total. The van der Waals surface area contributed by atoms with E-state index in [1.807, 2.05) is 19.1 Å². The molecular weight excluding hydrogens is 514 g/mol. The van der Waals surface area contributed by atoms with Crippen LogP contribution >= 0.6 is 45.2 Å². The minimum absolute atomic E-state index is 0.116. The zero-order valence-electron chi connectivity index (χ0n) is 11.8. The van der Waals surface area contributed by atoms with Crippen molar-refractivity contribution in [3.05, 3.63) is 46.4 Å². The summed E-state index contributed by atoms with van der Waals surface area (Å²) in [5.41, 5.74) is 0.975. The number of aromatic nitrogens is 1. The van der Waals surface area contributed by atoms with E-state index in [-0.39, 0.29) is 17.1 Å². The van der Waals surface area contributed by atoms with E-state index in [0.29, 0.717) is 6.61 Å². The molecule has 2 aromatic rings. The fourth-order valence-electron chi connectivity index (χ4n) is 1.88. The first-order chi connectivity index (χ1) is 10.4. The van der Waals surface area contributed by atoms with E-state index in [0.717, 1.165) is 18.5 Å². The molecule has 0 atom stereocenters. The molecule has 22 heavy (non-hydrogen) atoms. The predicted molar refractivity (Wildman–Crippen MR) is 99.9 cm³/mol. The molecule has 2 rings (SSSR count). The number of nitro groups is 1. The SMILES string of the molecule is CCOc1c(I)cc(I)cc1C=Cc1onc(C)c1[N+](=O)[O-]. The zero-order chi connectivity index (χ0) is 16.3. The maximum absolute atomic E-state index is 11.0. The molecule has 1 aromatic heterocycles. The second-order valence-corrected chi connectivity index (χ2v) is 6.72. The smallest absolute Gasteiger partial charge is 0.338 e. The van der Waals surface area contributed by atoms with Crippen LogP contribution in [0.4, 0.5) is 5.69 Å². The largest absolute Gasteiger partial charge is 0.492 e. The van der Waals surface area contributed by atoms with Crippen molar-refractivity contribution in [2.24, 2.45) is 0 Å². The number of aryl methyl sites for hydroxylation is 1. The molecular formula is C14H12I2N2O4. The standard InChI is InChI=1S/C14H12I2N2O4/c1-3-21-14-9(6-10(15)7-11(14)16)4-5-12-13(18(19)20)8(2)17-22-12/h4-7H,3H2,1-2H3. The average molecular weight is 526 g/mol. The van der Waals surface area contributed by atoms with E-state index >= 15 is 0 Å². The van der Waals surface area contributed by atoms with E-state index in [1.165, 1.54) is 0 Å². The lowest BCUT2D eigenvalue weighted by atomic mass is 10.1. The molecule has 0 aliphatic carbocycles. The van der Waals surface area contributed by atoms with E-state index in [9.17, 15) is 10.1 Å². The van der Waals surface area contributed by atoms with Crippen LogP contribution in [-0.2, 0) is 0 Å². The first-order valence-electron chi connectivity index (χ1n) is 6.34. The van der Waals surface area contributed by atoms with Gasteiger partial charge in [0.25, 0.3) is 0 Å². The van der Waals surface area contributed by atoms with Crippen molar-refractivity contribution in [1.29, 1.82) is 0 Å². The van der Waals surface area contributed by atoms with Crippen LogP contribution in [0.2, 0.25) is 0 Å². The van der Waals surface area contributed by atoms with Crippen molar-refractivity contribution in [2.45, 2.75) is 13.8 Å². The van der Waals surface area contributed by atoms with Gasteiger partial charge in [-0.25, -0.2) is 0 Å². The Morgan fingerprint density at radius 1 is 1.41 bits per heavy atom. The third kappa shape index (κ3) is 3.77. The van der Waals surface area contributed by atoms with Crippen LogP contribution in [-0.4, -0.2) is 16.7 Å². The number of nitrogens with zero attached hydrogens (tertiary/aromatic N) is 2. The Morgan fingerprint density at radius 2 is 2.14 bits per heavy atom. The van der Waals surface area contributed by atoms with E-state index < -0.39 is 4.92 Å². The first-order valence-corrected chi connectivity index (χ1v) is 8.50. The summed E-state index contributed by atoms with van der Waals surface area (Å²) in [4.78, 5) is 10.5. The predicted octanol–water partition coefficient (Wildman–Crippen LogP) is 4.67. The zero-order valence-corrected chi connectivity index (χ0v) is 16.1. The van der Waals surface area contributed by atoms with Gasteiger partial charge in [-0.15, -0.1) is 0 Å². The van der Waals surface area contributed by atoms with Gasteiger partial charge in [0.1, 0.15) is 5.75 Å². The van der Waals surface area contributed by atoms with Crippen molar-refractivity contribution in [3.8, 4) is 5.75 Å². The summed E-state index contributed by atoms with van der Waals surface area (Å²) in [5.74, 6) is 0.873. The summed E-state index contributed by atoms with van der Waals surface area (Å²) in [6.07, 6.45) is 3.28. The highest BCUT2D eigenvalue weighted by Gasteiger charge is 2.22. The highest BCUT2D eigenvalue weighted by Crippen LogP contribution is 2.31. The highest BCUT2D eigenvalue weighted by atomic mass is 127. The van der Waals surface area contributed by atoms with Crippen LogP contribution < -0.4 is 4.74 Å². The molecule has 0 amide bonds. The van der Waals surface area contributed by atoms with Crippen LogP contribution in [0.1, 0.15) is 23.9 Å². The molecule has 0 radical (unpaired) electrons. The summed E-state index contributed by atoms with van der Waals surface area (Å²) < 4.78 is 12.7. The Balaban J connectivity index is 2.44. The van der Waals surface area contributed by atoms with Crippen molar-refractivity contribution in [1.82, 2.24) is 5.16 Å². The Hall–Kier alpha value is -1.17. The van der Waals surface area contributed by atoms with Crippen molar-refractivity contribution >= 4 is 63.0 Å². The first kappa shape index (κ1) is 17.2. The Labute approximate surface area is 154 Å². The van der Waals surface area contributed by atoms with Gasteiger partial charge in [0.15, 0.2) is 5.69 Å². The summed E-state index contributed by atoms with van der Waals surface area (Å²) >= 11 is 4.42. The second kappa shape index (κ2) is 7.40. The van der Waals surface area contributed by atoms with Crippen molar-refractivity contribution in [3.63, 3.8) is 0 Å². The Morgan fingerprint density at radius 3 is 2.77 bits per heavy atom. The summed E-state index contributed by atoms with van der Waals surface area (Å²) in [5, 5.41) is 14.7. The third-order valence-corrected chi connectivity index (χ3v) is 4.20.